The van der Waals surface area contributed by atoms with E-state index in [0.717, 1.165) is 24.4 Å². The Balaban J connectivity index is 1.87. The fourth-order valence-corrected chi connectivity index (χ4v) is 2.80. The quantitative estimate of drug-likeness (QED) is 0.641. The van der Waals surface area contributed by atoms with Crippen molar-refractivity contribution in [3.05, 3.63) is 33.8 Å². The smallest absolute Gasteiger partial charge is 0.188 e. The average Bonchev–Trinajstić information content (AvgIpc) is 3.15. The van der Waals surface area contributed by atoms with Crippen LogP contribution in [0.5, 0.6) is 0 Å². The minimum absolute atomic E-state index is 0.361. The maximum absolute atomic E-state index is 6.22. The van der Waals surface area contributed by atoms with Gasteiger partial charge >= 0.3 is 0 Å². The molecule has 5 heteroatoms. The van der Waals surface area contributed by atoms with Crippen LogP contribution < -0.4 is 11.1 Å². The molecular weight excluding hydrogens is 293 g/mol. The topological polar surface area (TPSA) is 50.4 Å². The van der Waals surface area contributed by atoms with Crippen molar-refractivity contribution in [1.29, 1.82) is 0 Å². The first-order valence-corrected chi connectivity index (χ1v) is 7.78. The standard InChI is InChI=1S/C15H21Cl2N3/c1-3-9(2)20-15(18)19-8-10-6-13(10)12-5-4-11(16)7-14(12)17/h4-5,7,9-10,13H,3,6,8H2,1-2H3,(H3,18,19,20). The number of hydrogen-bond acceptors (Lipinski definition) is 1. The average molecular weight is 314 g/mol. The summed E-state index contributed by atoms with van der Waals surface area (Å²) in [4.78, 5) is 4.41. The molecule has 20 heavy (non-hydrogen) atoms. The second-order valence-electron chi connectivity index (χ2n) is 5.45. The van der Waals surface area contributed by atoms with Crippen molar-refractivity contribution < 1.29 is 0 Å². The van der Waals surface area contributed by atoms with Gasteiger partial charge in [0.1, 0.15) is 0 Å². The van der Waals surface area contributed by atoms with Gasteiger partial charge in [-0.05, 0) is 49.3 Å². The van der Waals surface area contributed by atoms with Gasteiger partial charge in [0.25, 0.3) is 0 Å². The molecule has 3 unspecified atom stereocenters. The monoisotopic (exact) mass is 313 g/mol. The Morgan fingerprint density at radius 2 is 2.25 bits per heavy atom. The predicted molar refractivity (Wildman–Crippen MR) is 86.7 cm³/mol. The summed E-state index contributed by atoms with van der Waals surface area (Å²) in [6, 6.07) is 6.06. The van der Waals surface area contributed by atoms with E-state index in [1.165, 1.54) is 5.56 Å². The molecule has 3 nitrogen and oxygen atoms in total. The summed E-state index contributed by atoms with van der Waals surface area (Å²) in [5, 5.41) is 4.60. The van der Waals surface area contributed by atoms with E-state index >= 15 is 0 Å². The molecule has 0 spiro atoms. The van der Waals surface area contributed by atoms with E-state index in [1.54, 1.807) is 6.07 Å². The van der Waals surface area contributed by atoms with Crippen molar-refractivity contribution in [3.8, 4) is 0 Å². The van der Waals surface area contributed by atoms with Crippen molar-refractivity contribution in [2.45, 2.75) is 38.6 Å². The largest absolute Gasteiger partial charge is 0.370 e. The summed E-state index contributed by atoms with van der Waals surface area (Å²) < 4.78 is 0. The van der Waals surface area contributed by atoms with Crippen LogP contribution in [0.2, 0.25) is 10.0 Å². The van der Waals surface area contributed by atoms with Crippen LogP contribution in [0.15, 0.2) is 23.2 Å². The van der Waals surface area contributed by atoms with Crippen LogP contribution in [0.3, 0.4) is 0 Å². The van der Waals surface area contributed by atoms with Crippen LogP contribution in [-0.2, 0) is 0 Å². The van der Waals surface area contributed by atoms with Crippen LogP contribution >= 0.6 is 23.2 Å². The first-order valence-electron chi connectivity index (χ1n) is 7.02. The molecule has 1 fully saturated rings. The molecule has 2 rings (SSSR count). The van der Waals surface area contributed by atoms with E-state index < -0.39 is 0 Å². The molecule has 1 aliphatic rings. The molecule has 1 aromatic rings. The number of nitrogens with two attached hydrogens (primary N) is 1. The third kappa shape index (κ3) is 4.03. The normalized spacial score (nSPS) is 23.5. The number of aliphatic imine (C=N–C) groups is 1. The molecule has 0 bridgehead atoms. The first kappa shape index (κ1) is 15.5. The molecule has 3 atom stereocenters. The van der Waals surface area contributed by atoms with Gasteiger partial charge in [0.2, 0.25) is 0 Å². The molecule has 0 aliphatic heterocycles. The Kier molecular flexibility index (Phi) is 5.17. The maximum atomic E-state index is 6.22. The van der Waals surface area contributed by atoms with E-state index in [2.05, 4.69) is 24.2 Å². The van der Waals surface area contributed by atoms with Gasteiger partial charge in [-0.15, -0.1) is 0 Å². The molecule has 0 saturated heterocycles. The summed E-state index contributed by atoms with van der Waals surface area (Å²) in [5.74, 6) is 1.55. The molecule has 110 valence electrons. The highest BCUT2D eigenvalue weighted by Crippen LogP contribution is 2.49. The van der Waals surface area contributed by atoms with E-state index in [1.807, 2.05) is 12.1 Å². The first-order chi connectivity index (χ1) is 9.51. The van der Waals surface area contributed by atoms with Gasteiger partial charge in [-0.25, -0.2) is 0 Å². The molecule has 0 amide bonds. The Hall–Kier alpha value is -0.930. The van der Waals surface area contributed by atoms with Crippen molar-refractivity contribution in [3.63, 3.8) is 0 Å². The van der Waals surface area contributed by atoms with E-state index in [9.17, 15) is 0 Å². The minimum atomic E-state index is 0.361. The number of nitrogens with one attached hydrogen (secondary N) is 1. The molecule has 0 aromatic heterocycles. The fourth-order valence-electron chi connectivity index (χ4n) is 2.25. The Morgan fingerprint density at radius 1 is 1.50 bits per heavy atom. The SMILES string of the molecule is CCC(C)NC(N)=NCC1CC1c1ccc(Cl)cc1Cl. The van der Waals surface area contributed by atoms with Crippen LogP contribution in [0.4, 0.5) is 0 Å². The van der Waals surface area contributed by atoms with E-state index in [0.29, 0.717) is 28.9 Å². The highest BCUT2D eigenvalue weighted by molar-refractivity contribution is 6.35. The van der Waals surface area contributed by atoms with Gasteiger partial charge in [0.05, 0.1) is 0 Å². The summed E-state index contributed by atoms with van der Waals surface area (Å²) >= 11 is 12.1. The van der Waals surface area contributed by atoms with Gasteiger partial charge in [0, 0.05) is 22.6 Å². The zero-order valence-corrected chi connectivity index (χ0v) is 13.4. The highest BCUT2D eigenvalue weighted by Gasteiger charge is 2.39. The number of rotatable bonds is 5. The number of guanidine groups is 1. The van der Waals surface area contributed by atoms with Crippen LogP contribution in [0.1, 0.15) is 38.2 Å². The lowest BCUT2D eigenvalue weighted by Gasteiger charge is -2.11. The summed E-state index contributed by atoms with van der Waals surface area (Å²) in [5.41, 5.74) is 7.03. The number of halogens is 2. The fraction of sp³-hybridized carbons (Fsp3) is 0.533. The molecule has 3 N–H and O–H groups in total. The Bertz CT molecular complexity index is 502. The molecular formula is C15H21Cl2N3. The van der Waals surface area contributed by atoms with Crippen molar-refractivity contribution in [2.24, 2.45) is 16.6 Å². The summed E-state index contributed by atoms with van der Waals surface area (Å²) in [6.45, 7) is 4.96. The minimum Gasteiger partial charge on any atom is -0.370 e. The number of nitrogens with zero attached hydrogens (tertiary/aromatic N) is 1. The molecule has 0 radical (unpaired) electrons. The predicted octanol–water partition coefficient (Wildman–Crippen LogP) is 3.80. The second-order valence-corrected chi connectivity index (χ2v) is 6.29. The van der Waals surface area contributed by atoms with Crippen LogP contribution in [-0.4, -0.2) is 18.5 Å². The van der Waals surface area contributed by atoms with Gasteiger partial charge in [-0.1, -0.05) is 36.2 Å². The van der Waals surface area contributed by atoms with Crippen LogP contribution in [0, 0.1) is 5.92 Å². The van der Waals surface area contributed by atoms with Crippen molar-refractivity contribution in [2.75, 3.05) is 6.54 Å². The van der Waals surface area contributed by atoms with E-state index in [-0.39, 0.29) is 0 Å². The zero-order chi connectivity index (χ0) is 14.7. The molecule has 1 aromatic carbocycles. The Morgan fingerprint density at radius 3 is 2.90 bits per heavy atom. The summed E-state index contributed by atoms with van der Waals surface area (Å²) in [6.07, 6.45) is 2.14. The summed E-state index contributed by atoms with van der Waals surface area (Å²) in [7, 11) is 0. The zero-order valence-electron chi connectivity index (χ0n) is 11.9. The van der Waals surface area contributed by atoms with Gasteiger partial charge < -0.3 is 11.1 Å². The lowest BCUT2D eigenvalue weighted by atomic mass is 10.1. The Labute approximate surface area is 130 Å². The van der Waals surface area contributed by atoms with Crippen molar-refractivity contribution >= 4 is 29.2 Å². The molecule has 1 aliphatic carbocycles. The highest BCUT2D eigenvalue weighted by atomic mass is 35.5. The third-order valence-electron chi connectivity index (χ3n) is 3.79. The van der Waals surface area contributed by atoms with Crippen molar-refractivity contribution in [1.82, 2.24) is 5.32 Å². The maximum Gasteiger partial charge on any atom is 0.188 e. The van der Waals surface area contributed by atoms with E-state index in [4.69, 9.17) is 28.9 Å². The lowest BCUT2D eigenvalue weighted by molar-refractivity contribution is 0.635. The number of benzene rings is 1. The third-order valence-corrected chi connectivity index (χ3v) is 4.35. The second kappa shape index (κ2) is 6.68. The number of hydrogen-bond donors (Lipinski definition) is 2. The van der Waals surface area contributed by atoms with Gasteiger partial charge in [-0.3, -0.25) is 4.99 Å². The van der Waals surface area contributed by atoms with Gasteiger partial charge in [0.15, 0.2) is 5.96 Å². The molecule has 1 saturated carbocycles. The van der Waals surface area contributed by atoms with Gasteiger partial charge in [-0.2, -0.15) is 0 Å². The molecule has 0 heterocycles. The lowest BCUT2D eigenvalue weighted by Crippen LogP contribution is -2.38. The van der Waals surface area contributed by atoms with Crippen LogP contribution in [0.25, 0.3) is 0 Å².